The average molecular weight is 282 g/mol. The molecule has 0 aromatic heterocycles. The molecule has 0 aromatic rings. The van der Waals surface area contributed by atoms with Crippen molar-refractivity contribution in [3.63, 3.8) is 0 Å². The van der Waals surface area contributed by atoms with E-state index in [1.54, 1.807) is 0 Å². The summed E-state index contributed by atoms with van der Waals surface area (Å²) < 4.78 is 0. The van der Waals surface area contributed by atoms with Crippen LogP contribution in [0, 0.1) is 17.3 Å². The first-order valence-corrected chi connectivity index (χ1v) is 8.15. The SMILES string of the molecule is CC(C)(CCO)CNC(=O)NC1CCCC(C2CC2)C1. The van der Waals surface area contributed by atoms with E-state index in [4.69, 9.17) is 5.11 Å². The molecule has 0 radical (unpaired) electrons. The van der Waals surface area contributed by atoms with Gasteiger partial charge in [0.05, 0.1) is 0 Å². The number of carbonyl (C=O) groups excluding carboxylic acids is 1. The second-order valence-corrected chi connectivity index (χ2v) is 7.43. The Bertz CT molecular complexity index is 326. The first-order valence-electron chi connectivity index (χ1n) is 8.15. The summed E-state index contributed by atoms with van der Waals surface area (Å²) in [5.74, 6) is 1.80. The fraction of sp³-hybridized carbons (Fsp3) is 0.938. The molecule has 0 saturated heterocycles. The van der Waals surface area contributed by atoms with Crippen LogP contribution in [0.25, 0.3) is 0 Å². The van der Waals surface area contributed by atoms with Crippen LogP contribution in [0.15, 0.2) is 0 Å². The molecule has 2 fully saturated rings. The number of rotatable bonds is 6. The van der Waals surface area contributed by atoms with Crippen molar-refractivity contribution in [2.24, 2.45) is 17.3 Å². The number of carbonyl (C=O) groups is 1. The van der Waals surface area contributed by atoms with E-state index in [1.807, 2.05) is 0 Å². The van der Waals surface area contributed by atoms with Gasteiger partial charge in [-0.1, -0.05) is 26.7 Å². The Hall–Kier alpha value is -0.770. The van der Waals surface area contributed by atoms with Gasteiger partial charge in [0.15, 0.2) is 0 Å². The minimum Gasteiger partial charge on any atom is -0.396 e. The Kier molecular flexibility index (Phi) is 5.30. The number of urea groups is 1. The standard InChI is InChI=1S/C16H30N2O2/c1-16(2,8-9-19)11-17-15(20)18-14-5-3-4-13(10-14)12-6-7-12/h12-14,19H,3-11H2,1-2H3,(H2,17,18,20). The molecule has 2 atom stereocenters. The van der Waals surface area contributed by atoms with Crippen LogP contribution in [0.3, 0.4) is 0 Å². The molecule has 2 aliphatic carbocycles. The van der Waals surface area contributed by atoms with Crippen LogP contribution >= 0.6 is 0 Å². The molecule has 116 valence electrons. The Morgan fingerprint density at radius 3 is 2.60 bits per heavy atom. The maximum absolute atomic E-state index is 12.0. The van der Waals surface area contributed by atoms with E-state index in [9.17, 15) is 4.79 Å². The van der Waals surface area contributed by atoms with E-state index in [2.05, 4.69) is 24.5 Å². The minimum atomic E-state index is -0.0464. The second kappa shape index (κ2) is 6.79. The quantitative estimate of drug-likeness (QED) is 0.701. The first kappa shape index (κ1) is 15.6. The van der Waals surface area contributed by atoms with Crippen LogP contribution in [-0.2, 0) is 0 Å². The predicted molar refractivity (Wildman–Crippen MR) is 80.5 cm³/mol. The third-order valence-electron chi connectivity index (χ3n) is 4.85. The molecule has 2 rings (SSSR count). The average Bonchev–Trinajstić information content (AvgIpc) is 3.21. The lowest BCUT2D eigenvalue weighted by atomic mass is 9.83. The zero-order valence-corrected chi connectivity index (χ0v) is 13.0. The van der Waals surface area contributed by atoms with E-state index in [-0.39, 0.29) is 18.1 Å². The lowest BCUT2D eigenvalue weighted by Gasteiger charge is -2.30. The summed E-state index contributed by atoms with van der Waals surface area (Å²) in [5, 5.41) is 15.1. The van der Waals surface area contributed by atoms with Crippen LogP contribution in [0.5, 0.6) is 0 Å². The highest BCUT2D eigenvalue weighted by Crippen LogP contribution is 2.43. The molecule has 0 bridgehead atoms. The highest BCUT2D eigenvalue weighted by atomic mass is 16.3. The molecule has 2 aliphatic rings. The van der Waals surface area contributed by atoms with E-state index in [0.29, 0.717) is 19.0 Å². The number of nitrogens with one attached hydrogen (secondary N) is 2. The molecule has 20 heavy (non-hydrogen) atoms. The summed E-state index contributed by atoms with van der Waals surface area (Å²) in [4.78, 5) is 12.0. The third kappa shape index (κ3) is 4.97. The summed E-state index contributed by atoms with van der Waals surface area (Å²) in [7, 11) is 0. The third-order valence-corrected chi connectivity index (χ3v) is 4.85. The fourth-order valence-electron chi connectivity index (χ4n) is 3.30. The number of aliphatic hydroxyl groups excluding tert-OH is 1. The molecule has 0 spiro atoms. The first-order chi connectivity index (χ1) is 9.50. The molecule has 4 heteroatoms. The monoisotopic (exact) mass is 282 g/mol. The Morgan fingerprint density at radius 1 is 1.20 bits per heavy atom. The van der Waals surface area contributed by atoms with Crippen molar-refractivity contribution in [2.45, 2.75) is 64.8 Å². The van der Waals surface area contributed by atoms with Crippen LogP contribution in [0.4, 0.5) is 4.79 Å². The van der Waals surface area contributed by atoms with Gasteiger partial charge in [0.2, 0.25) is 0 Å². The van der Waals surface area contributed by atoms with Crippen molar-refractivity contribution in [3.05, 3.63) is 0 Å². The van der Waals surface area contributed by atoms with Gasteiger partial charge < -0.3 is 15.7 Å². The molecule has 4 nitrogen and oxygen atoms in total. The topological polar surface area (TPSA) is 61.4 Å². The van der Waals surface area contributed by atoms with Crippen LogP contribution in [0.2, 0.25) is 0 Å². The smallest absolute Gasteiger partial charge is 0.315 e. The second-order valence-electron chi connectivity index (χ2n) is 7.43. The van der Waals surface area contributed by atoms with Crippen molar-refractivity contribution in [1.82, 2.24) is 10.6 Å². The molecule has 0 aliphatic heterocycles. The molecule has 0 aromatic carbocycles. The lowest BCUT2D eigenvalue weighted by molar-refractivity contribution is 0.196. The van der Waals surface area contributed by atoms with Gasteiger partial charge in [-0.15, -0.1) is 0 Å². The van der Waals surface area contributed by atoms with E-state index in [1.165, 1.54) is 25.7 Å². The van der Waals surface area contributed by atoms with Gasteiger partial charge in [-0.05, 0) is 49.4 Å². The van der Waals surface area contributed by atoms with E-state index in [0.717, 1.165) is 24.7 Å². The Balaban J connectivity index is 1.68. The summed E-state index contributed by atoms with van der Waals surface area (Å²) in [6.45, 7) is 4.90. The number of hydrogen-bond acceptors (Lipinski definition) is 2. The maximum Gasteiger partial charge on any atom is 0.315 e. The normalized spacial score (nSPS) is 27.1. The fourth-order valence-corrected chi connectivity index (χ4v) is 3.30. The van der Waals surface area contributed by atoms with Crippen LogP contribution in [0.1, 0.15) is 58.8 Å². The van der Waals surface area contributed by atoms with Gasteiger partial charge in [-0.25, -0.2) is 4.79 Å². The summed E-state index contributed by atoms with van der Waals surface area (Å²) >= 11 is 0. The van der Waals surface area contributed by atoms with Crippen molar-refractivity contribution >= 4 is 6.03 Å². The van der Waals surface area contributed by atoms with Crippen LogP contribution < -0.4 is 10.6 Å². The minimum absolute atomic E-state index is 0.0440. The van der Waals surface area contributed by atoms with E-state index < -0.39 is 0 Å². The largest absolute Gasteiger partial charge is 0.396 e. The van der Waals surface area contributed by atoms with Gasteiger partial charge in [0.1, 0.15) is 0 Å². The summed E-state index contributed by atoms with van der Waals surface area (Å²) in [5.41, 5.74) is -0.0464. The van der Waals surface area contributed by atoms with Crippen molar-refractivity contribution in [2.75, 3.05) is 13.2 Å². The summed E-state index contributed by atoms with van der Waals surface area (Å²) in [6, 6.07) is 0.313. The molecule has 0 heterocycles. The van der Waals surface area contributed by atoms with Crippen molar-refractivity contribution < 1.29 is 9.90 Å². The van der Waals surface area contributed by atoms with Gasteiger partial charge in [-0.2, -0.15) is 0 Å². The van der Waals surface area contributed by atoms with Gasteiger partial charge in [0.25, 0.3) is 0 Å². The van der Waals surface area contributed by atoms with Gasteiger partial charge in [0, 0.05) is 19.2 Å². The van der Waals surface area contributed by atoms with Crippen molar-refractivity contribution in [1.29, 1.82) is 0 Å². The maximum atomic E-state index is 12.0. The number of hydrogen-bond donors (Lipinski definition) is 3. The Morgan fingerprint density at radius 2 is 1.95 bits per heavy atom. The predicted octanol–water partition coefficient (Wildman–Crippen LogP) is 2.66. The Labute approximate surface area is 122 Å². The molecular weight excluding hydrogens is 252 g/mol. The van der Waals surface area contributed by atoms with E-state index >= 15 is 0 Å². The highest BCUT2D eigenvalue weighted by Gasteiger charge is 2.35. The molecule has 2 unspecified atom stereocenters. The van der Waals surface area contributed by atoms with Crippen molar-refractivity contribution in [3.8, 4) is 0 Å². The van der Waals surface area contributed by atoms with Gasteiger partial charge in [-0.3, -0.25) is 0 Å². The number of amides is 2. The number of aliphatic hydroxyl groups is 1. The lowest BCUT2D eigenvalue weighted by Crippen LogP contribution is -2.46. The van der Waals surface area contributed by atoms with Gasteiger partial charge >= 0.3 is 6.03 Å². The molecule has 2 amide bonds. The zero-order chi connectivity index (χ0) is 14.6. The summed E-state index contributed by atoms with van der Waals surface area (Å²) in [6.07, 6.45) is 8.41. The molecule has 3 N–H and O–H groups in total. The highest BCUT2D eigenvalue weighted by molar-refractivity contribution is 5.74. The molecule has 2 saturated carbocycles. The molecular formula is C16H30N2O2. The zero-order valence-electron chi connectivity index (χ0n) is 13.0. The van der Waals surface area contributed by atoms with Crippen LogP contribution in [-0.4, -0.2) is 30.3 Å².